The number of aromatic nitrogens is 3. The summed E-state index contributed by atoms with van der Waals surface area (Å²) in [6.07, 6.45) is 10.8. The van der Waals surface area contributed by atoms with Gasteiger partial charge < -0.3 is 15.0 Å². The number of amides is 1. The van der Waals surface area contributed by atoms with Crippen LogP contribution in [0.2, 0.25) is 0 Å². The van der Waals surface area contributed by atoms with E-state index in [2.05, 4.69) is 34.2 Å². The van der Waals surface area contributed by atoms with E-state index in [-0.39, 0.29) is 17.8 Å². The van der Waals surface area contributed by atoms with E-state index in [0.29, 0.717) is 23.8 Å². The van der Waals surface area contributed by atoms with Gasteiger partial charge in [0.05, 0.1) is 17.9 Å². The van der Waals surface area contributed by atoms with Crippen molar-refractivity contribution in [3.63, 3.8) is 0 Å². The SMILES string of the molecule is C=CC1=C(/C(Oc2ncccc2C#N)=C(\C)c2cnn(C3CCNCC3)c2)CC[C@H](C)N1C(C)=O. The molecule has 2 aliphatic rings. The van der Waals surface area contributed by atoms with Crippen molar-refractivity contribution in [1.29, 1.82) is 5.26 Å². The van der Waals surface area contributed by atoms with Crippen LogP contribution < -0.4 is 10.1 Å². The first-order valence-corrected chi connectivity index (χ1v) is 12.1. The number of hydrogen-bond acceptors (Lipinski definition) is 6. The molecular weight excluding hydrogens is 440 g/mol. The lowest BCUT2D eigenvalue weighted by atomic mass is 9.92. The number of hydrogen-bond donors (Lipinski definition) is 1. The Hall–Kier alpha value is -3.70. The Morgan fingerprint density at radius 3 is 2.77 bits per heavy atom. The molecule has 0 saturated carbocycles. The second-order valence-corrected chi connectivity index (χ2v) is 9.06. The molecule has 2 aromatic rings. The highest BCUT2D eigenvalue weighted by Crippen LogP contribution is 2.37. The molecule has 4 rings (SSSR count). The van der Waals surface area contributed by atoms with E-state index in [4.69, 9.17) is 4.74 Å². The molecule has 1 atom stereocenters. The minimum atomic E-state index is -0.0455. The Balaban J connectivity index is 1.85. The molecule has 8 heteroatoms. The standard InChI is InChI=1S/C27H32N6O2/c1-5-25-24(9-8-18(2)33(25)20(4)34)26(35-27-21(15-28)7-6-12-30-27)19(3)22-16-31-32(17-22)23-10-13-29-14-11-23/h5-7,12,16-18,23,29H,1,8-11,13-14H2,2-4H3/b26-19-/t18-/m0/s1. The number of nitriles is 1. The van der Waals surface area contributed by atoms with Crippen LogP contribution in [0.15, 0.2) is 60.4 Å². The smallest absolute Gasteiger partial charge is 0.237 e. The number of nitrogens with zero attached hydrogens (tertiary/aromatic N) is 5. The summed E-state index contributed by atoms with van der Waals surface area (Å²) in [5.41, 5.74) is 3.74. The van der Waals surface area contributed by atoms with Crippen molar-refractivity contribution < 1.29 is 9.53 Å². The lowest BCUT2D eigenvalue weighted by molar-refractivity contribution is -0.128. The molecule has 4 heterocycles. The molecule has 8 nitrogen and oxygen atoms in total. The predicted molar refractivity (Wildman–Crippen MR) is 134 cm³/mol. The molecule has 1 amide bonds. The molecule has 0 bridgehead atoms. The van der Waals surface area contributed by atoms with Gasteiger partial charge in [0.1, 0.15) is 17.4 Å². The molecule has 0 radical (unpaired) electrons. The topological polar surface area (TPSA) is 96.1 Å². The molecule has 1 fully saturated rings. The van der Waals surface area contributed by atoms with E-state index in [1.165, 1.54) is 0 Å². The minimum Gasteiger partial charge on any atom is -0.437 e. The fourth-order valence-corrected chi connectivity index (χ4v) is 4.88. The summed E-state index contributed by atoms with van der Waals surface area (Å²) in [5, 5.41) is 17.7. The van der Waals surface area contributed by atoms with Gasteiger partial charge in [-0.25, -0.2) is 4.98 Å². The first kappa shape index (κ1) is 24.4. The lowest BCUT2D eigenvalue weighted by Crippen LogP contribution is -2.39. The van der Waals surface area contributed by atoms with Crippen LogP contribution in [0.3, 0.4) is 0 Å². The fraction of sp³-hybridized carbons (Fsp3) is 0.407. The zero-order chi connectivity index (χ0) is 24.9. The number of carbonyl (C=O) groups is 1. The molecule has 1 saturated heterocycles. The van der Waals surface area contributed by atoms with Crippen molar-refractivity contribution >= 4 is 11.5 Å². The summed E-state index contributed by atoms with van der Waals surface area (Å²) in [5.74, 6) is 0.771. The Labute approximate surface area is 206 Å². The Morgan fingerprint density at radius 1 is 1.31 bits per heavy atom. The highest BCUT2D eigenvalue weighted by atomic mass is 16.5. The number of ether oxygens (including phenoxy) is 1. The largest absolute Gasteiger partial charge is 0.437 e. The highest BCUT2D eigenvalue weighted by Gasteiger charge is 2.31. The van der Waals surface area contributed by atoms with Gasteiger partial charge in [0, 0.05) is 42.1 Å². The average Bonchev–Trinajstić information content (AvgIpc) is 3.38. The van der Waals surface area contributed by atoms with Gasteiger partial charge >= 0.3 is 0 Å². The van der Waals surface area contributed by atoms with Crippen LogP contribution in [0.1, 0.15) is 63.6 Å². The molecule has 182 valence electrons. The maximum Gasteiger partial charge on any atom is 0.237 e. The van der Waals surface area contributed by atoms with Crippen molar-refractivity contribution in [1.82, 2.24) is 25.0 Å². The van der Waals surface area contributed by atoms with Crippen LogP contribution in [0, 0.1) is 11.3 Å². The van der Waals surface area contributed by atoms with Crippen LogP contribution in [0.5, 0.6) is 5.88 Å². The summed E-state index contributed by atoms with van der Waals surface area (Å²) in [6.45, 7) is 11.5. The number of rotatable bonds is 6. The van der Waals surface area contributed by atoms with Gasteiger partial charge in [0.2, 0.25) is 11.8 Å². The number of piperidine rings is 1. The minimum absolute atomic E-state index is 0.0455. The second-order valence-electron chi connectivity index (χ2n) is 9.06. The van der Waals surface area contributed by atoms with Crippen molar-refractivity contribution in [3.05, 3.63) is 71.5 Å². The monoisotopic (exact) mass is 472 g/mol. The average molecular weight is 473 g/mol. The van der Waals surface area contributed by atoms with Crippen molar-refractivity contribution in [2.24, 2.45) is 0 Å². The van der Waals surface area contributed by atoms with Gasteiger partial charge in [0.25, 0.3) is 0 Å². The molecule has 0 aromatic carbocycles. The van der Waals surface area contributed by atoms with E-state index >= 15 is 0 Å². The highest BCUT2D eigenvalue weighted by molar-refractivity contribution is 5.78. The molecule has 2 aliphatic heterocycles. The van der Waals surface area contributed by atoms with E-state index in [9.17, 15) is 10.1 Å². The van der Waals surface area contributed by atoms with Gasteiger partial charge in [0.15, 0.2) is 0 Å². The van der Waals surface area contributed by atoms with Gasteiger partial charge in [-0.1, -0.05) is 6.58 Å². The number of pyridine rings is 1. The summed E-state index contributed by atoms with van der Waals surface area (Å²) in [7, 11) is 0. The number of carbonyl (C=O) groups excluding carboxylic acids is 1. The third-order valence-electron chi connectivity index (χ3n) is 6.78. The molecule has 1 N–H and O–H groups in total. The third kappa shape index (κ3) is 5.05. The van der Waals surface area contributed by atoms with Gasteiger partial charge in [-0.2, -0.15) is 10.4 Å². The van der Waals surface area contributed by atoms with Crippen LogP contribution >= 0.6 is 0 Å². The quantitative estimate of drug-likeness (QED) is 0.628. The Bertz CT molecular complexity index is 1210. The van der Waals surface area contributed by atoms with E-state index in [1.54, 1.807) is 36.2 Å². The normalized spacial score (nSPS) is 19.7. The maximum absolute atomic E-state index is 12.5. The van der Waals surface area contributed by atoms with Gasteiger partial charge in [-0.05, 0) is 70.8 Å². The summed E-state index contributed by atoms with van der Waals surface area (Å²) >= 11 is 0. The van der Waals surface area contributed by atoms with Crippen LogP contribution in [-0.4, -0.2) is 44.7 Å². The Morgan fingerprint density at radius 2 is 2.09 bits per heavy atom. The predicted octanol–water partition coefficient (Wildman–Crippen LogP) is 4.36. The van der Waals surface area contributed by atoms with Crippen LogP contribution in [0.25, 0.3) is 5.57 Å². The lowest BCUT2D eigenvalue weighted by Gasteiger charge is -2.36. The van der Waals surface area contributed by atoms with Crippen LogP contribution in [-0.2, 0) is 4.79 Å². The van der Waals surface area contributed by atoms with E-state index in [0.717, 1.165) is 54.8 Å². The summed E-state index contributed by atoms with van der Waals surface area (Å²) in [6, 6.07) is 5.95. The molecular formula is C27H32N6O2. The first-order chi connectivity index (χ1) is 16.9. The van der Waals surface area contributed by atoms with Crippen molar-refractivity contribution in [2.75, 3.05) is 13.1 Å². The Kier molecular flexibility index (Phi) is 7.47. The zero-order valence-corrected chi connectivity index (χ0v) is 20.6. The van der Waals surface area contributed by atoms with Crippen LogP contribution in [0.4, 0.5) is 0 Å². The van der Waals surface area contributed by atoms with Crippen molar-refractivity contribution in [2.45, 2.75) is 58.5 Å². The second kappa shape index (κ2) is 10.7. The van der Waals surface area contributed by atoms with Crippen molar-refractivity contribution in [3.8, 4) is 11.9 Å². The summed E-state index contributed by atoms with van der Waals surface area (Å²) < 4.78 is 8.43. The third-order valence-corrected chi connectivity index (χ3v) is 6.78. The first-order valence-electron chi connectivity index (χ1n) is 12.1. The number of nitrogens with one attached hydrogen (secondary N) is 1. The fourth-order valence-electron chi connectivity index (χ4n) is 4.88. The van der Waals surface area contributed by atoms with Gasteiger partial charge in [-0.3, -0.25) is 9.48 Å². The van der Waals surface area contributed by atoms with E-state index < -0.39 is 0 Å². The van der Waals surface area contributed by atoms with Gasteiger partial charge in [-0.15, -0.1) is 0 Å². The number of allylic oxidation sites excluding steroid dienone is 3. The summed E-state index contributed by atoms with van der Waals surface area (Å²) in [4.78, 5) is 18.6. The molecule has 0 aliphatic carbocycles. The maximum atomic E-state index is 12.5. The molecule has 0 unspecified atom stereocenters. The van der Waals surface area contributed by atoms with E-state index in [1.807, 2.05) is 24.7 Å². The molecule has 2 aromatic heterocycles. The molecule has 35 heavy (non-hydrogen) atoms. The zero-order valence-electron chi connectivity index (χ0n) is 20.6. The molecule has 0 spiro atoms.